The monoisotopic (exact) mass is 228 g/mol. The first-order valence-corrected chi connectivity index (χ1v) is 5.76. The third kappa shape index (κ3) is 1.70. The van der Waals surface area contributed by atoms with E-state index >= 15 is 0 Å². The Morgan fingerprint density at radius 1 is 1.12 bits per heavy atom. The van der Waals surface area contributed by atoms with E-state index in [1.165, 1.54) is 6.07 Å². The molecule has 2 aromatic carbocycles. The lowest BCUT2D eigenvalue weighted by molar-refractivity contribution is 0.306. The molecule has 0 N–H and O–H groups in total. The normalized spacial score (nSPS) is 17.6. The Bertz CT molecular complexity index is 563. The molecule has 1 aliphatic rings. The van der Waals surface area contributed by atoms with Gasteiger partial charge in [0.1, 0.15) is 18.2 Å². The highest BCUT2D eigenvalue weighted by molar-refractivity contribution is 5.46. The molecule has 0 fully saturated rings. The Kier molecular flexibility index (Phi) is 2.36. The molecule has 0 spiro atoms. The van der Waals surface area contributed by atoms with Crippen LogP contribution in [0.1, 0.15) is 29.5 Å². The van der Waals surface area contributed by atoms with Crippen LogP contribution >= 0.6 is 0 Å². The third-order valence-corrected chi connectivity index (χ3v) is 3.34. The smallest absolute Gasteiger partial charge is 0.123 e. The maximum atomic E-state index is 13.3. The van der Waals surface area contributed by atoms with Crippen molar-refractivity contribution in [3.8, 4) is 5.75 Å². The molecule has 0 aromatic heterocycles. The van der Waals surface area contributed by atoms with Crippen molar-refractivity contribution in [2.75, 3.05) is 0 Å². The fourth-order valence-electron chi connectivity index (χ4n) is 2.39. The van der Waals surface area contributed by atoms with Crippen LogP contribution < -0.4 is 4.74 Å². The van der Waals surface area contributed by atoms with Crippen LogP contribution in [0.25, 0.3) is 0 Å². The van der Waals surface area contributed by atoms with E-state index in [0.29, 0.717) is 6.61 Å². The van der Waals surface area contributed by atoms with Gasteiger partial charge >= 0.3 is 0 Å². The summed E-state index contributed by atoms with van der Waals surface area (Å²) in [6.07, 6.45) is 0. The fourth-order valence-corrected chi connectivity index (χ4v) is 2.39. The minimum absolute atomic E-state index is 0.166. The molecule has 1 unspecified atom stereocenters. The summed E-state index contributed by atoms with van der Waals surface area (Å²) < 4.78 is 19.1. The Morgan fingerprint density at radius 2 is 1.94 bits per heavy atom. The molecule has 1 heterocycles. The van der Waals surface area contributed by atoms with Crippen molar-refractivity contribution in [1.82, 2.24) is 0 Å². The summed E-state index contributed by atoms with van der Waals surface area (Å²) >= 11 is 0. The molecule has 1 nitrogen and oxygen atoms in total. The second-order valence-electron chi connectivity index (χ2n) is 4.39. The molecule has 0 saturated carbocycles. The quantitative estimate of drug-likeness (QED) is 0.665. The fraction of sp³-hybridized carbons (Fsp3) is 0.200. The van der Waals surface area contributed by atoms with E-state index in [2.05, 4.69) is 6.92 Å². The van der Waals surface area contributed by atoms with Gasteiger partial charge in [0.25, 0.3) is 0 Å². The molecular formula is C15H13FO. The van der Waals surface area contributed by atoms with Gasteiger partial charge in [-0.25, -0.2) is 4.39 Å². The highest BCUT2D eigenvalue weighted by Gasteiger charge is 2.20. The van der Waals surface area contributed by atoms with Gasteiger partial charge in [0.15, 0.2) is 0 Å². The number of fused-ring (bicyclic) bond motifs is 2. The maximum absolute atomic E-state index is 13.3. The number of rotatable bonds is 0. The zero-order valence-electron chi connectivity index (χ0n) is 9.61. The van der Waals surface area contributed by atoms with E-state index in [1.807, 2.05) is 30.3 Å². The van der Waals surface area contributed by atoms with Gasteiger partial charge in [-0.05, 0) is 29.3 Å². The molecule has 0 radical (unpaired) electrons. The summed E-state index contributed by atoms with van der Waals surface area (Å²) in [5, 5.41) is 0. The molecule has 0 amide bonds. The Morgan fingerprint density at radius 3 is 2.82 bits per heavy atom. The van der Waals surface area contributed by atoms with Crippen molar-refractivity contribution in [2.24, 2.45) is 0 Å². The molecule has 2 heteroatoms. The van der Waals surface area contributed by atoms with E-state index < -0.39 is 0 Å². The van der Waals surface area contributed by atoms with E-state index in [-0.39, 0.29) is 11.7 Å². The largest absolute Gasteiger partial charge is 0.489 e. The zero-order chi connectivity index (χ0) is 11.8. The first-order valence-electron chi connectivity index (χ1n) is 5.76. The predicted molar refractivity (Wildman–Crippen MR) is 64.7 cm³/mol. The first-order chi connectivity index (χ1) is 8.25. The van der Waals surface area contributed by atoms with Crippen LogP contribution in [0.4, 0.5) is 4.39 Å². The molecule has 86 valence electrons. The average Bonchev–Trinajstić information content (AvgIpc) is 2.49. The van der Waals surface area contributed by atoms with Crippen LogP contribution in [0.2, 0.25) is 0 Å². The topological polar surface area (TPSA) is 9.23 Å². The third-order valence-electron chi connectivity index (χ3n) is 3.34. The van der Waals surface area contributed by atoms with Gasteiger partial charge in [-0.2, -0.15) is 0 Å². The van der Waals surface area contributed by atoms with Gasteiger partial charge < -0.3 is 4.74 Å². The second kappa shape index (κ2) is 3.88. The highest BCUT2D eigenvalue weighted by Crippen LogP contribution is 2.36. The van der Waals surface area contributed by atoms with E-state index in [1.54, 1.807) is 6.07 Å². The lowest BCUT2D eigenvalue weighted by Crippen LogP contribution is -1.99. The van der Waals surface area contributed by atoms with Crippen molar-refractivity contribution in [3.63, 3.8) is 0 Å². The summed E-state index contributed by atoms with van der Waals surface area (Å²) in [4.78, 5) is 0. The van der Waals surface area contributed by atoms with Gasteiger partial charge in [-0.15, -0.1) is 0 Å². The van der Waals surface area contributed by atoms with Crippen molar-refractivity contribution < 1.29 is 9.13 Å². The standard InChI is InChI=1S/C15H13FO/c1-10-13-4-2-3-5-15(13)17-9-11-6-7-12(16)8-14(10)11/h2-8,10H,9H2,1H3. The van der Waals surface area contributed by atoms with Gasteiger partial charge in [-0.3, -0.25) is 0 Å². The molecule has 3 rings (SSSR count). The van der Waals surface area contributed by atoms with Crippen molar-refractivity contribution in [1.29, 1.82) is 0 Å². The summed E-state index contributed by atoms with van der Waals surface area (Å²) in [6, 6.07) is 12.9. The van der Waals surface area contributed by atoms with Crippen LogP contribution in [0.5, 0.6) is 5.75 Å². The van der Waals surface area contributed by atoms with Gasteiger partial charge in [0, 0.05) is 11.5 Å². The van der Waals surface area contributed by atoms with E-state index in [4.69, 9.17) is 4.74 Å². The lowest BCUT2D eigenvalue weighted by Gasteiger charge is -2.13. The average molecular weight is 228 g/mol. The molecular weight excluding hydrogens is 215 g/mol. The van der Waals surface area contributed by atoms with Crippen LogP contribution in [0, 0.1) is 5.82 Å². The Hall–Kier alpha value is -1.83. The lowest BCUT2D eigenvalue weighted by atomic mass is 9.90. The minimum Gasteiger partial charge on any atom is -0.489 e. The summed E-state index contributed by atoms with van der Waals surface area (Å²) in [7, 11) is 0. The molecule has 0 aliphatic carbocycles. The van der Waals surface area contributed by atoms with Gasteiger partial charge in [0.05, 0.1) is 0 Å². The van der Waals surface area contributed by atoms with Gasteiger partial charge in [-0.1, -0.05) is 31.2 Å². The number of para-hydroxylation sites is 1. The number of benzene rings is 2. The summed E-state index contributed by atoms with van der Waals surface area (Å²) in [5.41, 5.74) is 3.21. The van der Waals surface area contributed by atoms with Crippen molar-refractivity contribution in [2.45, 2.75) is 19.4 Å². The minimum atomic E-state index is -0.185. The van der Waals surface area contributed by atoms with Crippen molar-refractivity contribution >= 4 is 0 Å². The molecule has 1 atom stereocenters. The second-order valence-corrected chi connectivity index (χ2v) is 4.39. The van der Waals surface area contributed by atoms with Gasteiger partial charge in [0.2, 0.25) is 0 Å². The number of halogens is 1. The highest BCUT2D eigenvalue weighted by atomic mass is 19.1. The first kappa shape index (κ1) is 10.3. The van der Waals surface area contributed by atoms with E-state index in [9.17, 15) is 4.39 Å². The predicted octanol–water partition coefficient (Wildman–Crippen LogP) is 3.87. The zero-order valence-corrected chi connectivity index (χ0v) is 9.61. The van der Waals surface area contributed by atoms with Crippen LogP contribution in [0.15, 0.2) is 42.5 Å². The Balaban J connectivity index is 2.18. The summed E-state index contributed by atoms with van der Waals surface area (Å²) in [6.45, 7) is 2.60. The maximum Gasteiger partial charge on any atom is 0.123 e. The van der Waals surface area contributed by atoms with Crippen LogP contribution in [-0.2, 0) is 6.61 Å². The summed E-state index contributed by atoms with van der Waals surface area (Å²) in [5.74, 6) is 0.881. The number of ether oxygens (including phenoxy) is 1. The molecule has 17 heavy (non-hydrogen) atoms. The van der Waals surface area contributed by atoms with Crippen LogP contribution in [0.3, 0.4) is 0 Å². The molecule has 1 aliphatic heterocycles. The number of hydrogen-bond acceptors (Lipinski definition) is 1. The van der Waals surface area contributed by atoms with Crippen molar-refractivity contribution in [3.05, 3.63) is 65.0 Å². The van der Waals surface area contributed by atoms with E-state index in [0.717, 1.165) is 22.4 Å². The van der Waals surface area contributed by atoms with Crippen LogP contribution in [-0.4, -0.2) is 0 Å². The molecule has 0 saturated heterocycles. The Labute approximate surface area is 99.9 Å². The number of hydrogen-bond donors (Lipinski definition) is 0. The molecule has 0 bridgehead atoms. The molecule has 2 aromatic rings. The SMILES string of the molecule is CC1c2cc(F)ccc2COc2ccccc21.